The number of carboxylic acids is 2. The molecule has 0 radical (unpaired) electrons. The van der Waals surface area contributed by atoms with Gasteiger partial charge in [-0.15, -0.1) is 0 Å². The lowest BCUT2D eigenvalue weighted by Crippen LogP contribution is -2.59. The van der Waals surface area contributed by atoms with Gasteiger partial charge in [-0.25, -0.2) is 4.79 Å². The number of carboxylic acid groups (broad SMARTS) is 2. The quantitative estimate of drug-likeness (QED) is 0.156. The molecular weight excluding hydrogens is 380 g/mol. The standard InChI is InChI=1S/C15H26N4O9/c1-6(2)11(16)14(26)17-7(3-10(22)23)12(24)18-8(4-20)13(25)19-9(5-21)15(27)28/h6-9,11,20-21H,3-5,16H2,1-2H3,(H,17,26)(H,18,24)(H,19,25)(H,22,23)(H,27,28). The molecule has 0 heterocycles. The van der Waals surface area contributed by atoms with E-state index >= 15 is 0 Å². The number of carbonyl (C=O) groups is 5. The summed E-state index contributed by atoms with van der Waals surface area (Å²) in [5.41, 5.74) is 5.64. The van der Waals surface area contributed by atoms with Crippen LogP contribution in [0.5, 0.6) is 0 Å². The van der Waals surface area contributed by atoms with Gasteiger partial charge in [0.25, 0.3) is 0 Å². The molecule has 4 unspecified atom stereocenters. The van der Waals surface area contributed by atoms with Crippen molar-refractivity contribution in [2.75, 3.05) is 13.2 Å². The topological polar surface area (TPSA) is 228 Å². The van der Waals surface area contributed by atoms with E-state index in [-0.39, 0.29) is 5.92 Å². The van der Waals surface area contributed by atoms with E-state index in [2.05, 4.69) is 5.32 Å². The van der Waals surface area contributed by atoms with Crippen LogP contribution in [0.4, 0.5) is 0 Å². The number of aliphatic hydroxyl groups is 2. The average Bonchev–Trinajstić information content (AvgIpc) is 2.61. The van der Waals surface area contributed by atoms with Crippen LogP contribution >= 0.6 is 0 Å². The Morgan fingerprint density at radius 3 is 1.61 bits per heavy atom. The molecule has 0 aromatic heterocycles. The number of amides is 3. The number of hydrogen-bond donors (Lipinski definition) is 8. The van der Waals surface area contributed by atoms with Crippen LogP contribution in [0.2, 0.25) is 0 Å². The van der Waals surface area contributed by atoms with E-state index in [1.54, 1.807) is 13.8 Å². The molecule has 0 rings (SSSR count). The predicted molar refractivity (Wildman–Crippen MR) is 92.7 cm³/mol. The van der Waals surface area contributed by atoms with Gasteiger partial charge in [-0.3, -0.25) is 19.2 Å². The Balaban J connectivity index is 5.19. The maximum absolute atomic E-state index is 12.3. The van der Waals surface area contributed by atoms with Crippen LogP contribution in [0.15, 0.2) is 0 Å². The van der Waals surface area contributed by atoms with Crippen molar-refractivity contribution >= 4 is 29.7 Å². The van der Waals surface area contributed by atoms with Gasteiger partial charge in [-0.05, 0) is 5.92 Å². The summed E-state index contributed by atoms with van der Waals surface area (Å²) < 4.78 is 0. The van der Waals surface area contributed by atoms with E-state index < -0.39 is 73.5 Å². The highest BCUT2D eigenvalue weighted by Gasteiger charge is 2.31. The SMILES string of the molecule is CC(C)C(N)C(=O)NC(CC(=O)O)C(=O)NC(CO)C(=O)NC(CO)C(=O)O. The Morgan fingerprint density at radius 1 is 0.786 bits per heavy atom. The van der Waals surface area contributed by atoms with Crippen LogP contribution in [0, 0.1) is 5.92 Å². The van der Waals surface area contributed by atoms with Crippen molar-refractivity contribution in [3.63, 3.8) is 0 Å². The molecule has 0 spiro atoms. The summed E-state index contributed by atoms with van der Waals surface area (Å²) >= 11 is 0. The van der Waals surface area contributed by atoms with Crippen molar-refractivity contribution in [2.24, 2.45) is 11.7 Å². The molecule has 9 N–H and O–H groups in total. The zero-order valence-electron chi connectivity index (χ0n) is 15.4. The molecule has 13 heteroatoms. The lowest BCUT2D eigenvalue weighted by atomic mass is 10.0. The third-order valence-electron chi connectivity index (χ3n) is 3.65. The molecule has 0 aromatic rings. The molecule has 3 amide bonds. The molecular formula is C15H26N4O9. The third kappa shape index (κ3) is 8.28. The number of aliphatic carboxylic acids is 2. The lowest BCUT2D eigenvalue weighted by molar-refractivity contribution is -0.144. The first kappa shape index (κ1) is 25.2. The summed E-state index contributed by atoms with van der Waals surface area (Å²) in [5.74, 6) is -6.27. The summed E-state index contributed by atoms with van der Waals surface area (Å²) in [6, 6.07) is -5.92. The van der Waals surface area contributed by atoms with E-state index in [0.29, 0.717) is 0 Å². The largest absolute Gasteiger partial charge is 0.481 e. The minimum Gasteiger partial charge on any atom is -0.481 e. The van der Waals surface area contributed by atoms with Crippen LogP contribution in [0.1, 0.15) is 20.3 Å². The van der Waals surface area contributed by atoms with Gasteiger partial charge in [0, 0.05) is 0 Å². The van der Waals surface area contributed by atoms with E-state index in [9.17, 15) is 29.1 Å². The molecule has 0 fully saturated rings. The van der Waals surface area contributed by atoms with E-state index in [0.717, 1.165) is 0 Å². The van der Waals surface area contributed by atoms with Gasteiger partial charge in [0.2, 0.25) is 17.7 Å². The number of nitrogens with one attached hydrogen (secondary N) is 3. The van der Waals surface area contributed by atoms with Crippen molar-refractivity contribution in [1.82, 2.24) is 16.0 Å². The summed E-state index contributed by atoms with van der Waals surface area (Å²) in [7, 11) is 0. The summed E-state index contributed by atoms with van der Waals surface area (Å²) in [4.78, 5) is 58.0. The van der Waals surface area contributed by atoms with Gasteiger partial charge >= 0.3 is 11.9 Å². The van der Waals surface area contributed by atoms with Crippen molar-refractivity contribution in [2.45, 2.75) is 44.4 Å². The number of aliphatic hydroxyl groups excluding tert-OH is 2. The fourth-order valence-electron chi connectivity index (χ4n) is 1.88. The fourth-order valence-corrected chi connectivity index (χ4v) is 1.88. The first-order valence-electron chi connectivity index (χ1n) is 8.27. The molecule has 0 bridgehead atoms. The number of carbonyl (C=O) groups excluding carboxylic acids is 3. The van der Waals surface area contributed by atoms with Crippen molar-refractivity contribution in [3.05, 3.63) is 0 Å². The van der Waals surface area contributed by atoms with Crippen LogP contribution in [-0.2, 0) is 24.0 Å². The average molecular weight is 406 g/mol. The molecule has 4 atom stereocenters. The smallest absolute Gasteiger partial charge is 0.328 e. The second-order valence-corrected chi connectivity index (χ2v) is 6.25. The molecule has 0 aliphatic carbocycles. The number of rotatable bonds is 12. The highest BCUT2D eigenvalue weighted by molar-refractivity contribution is 5.95. The Labute approximate surface area is 160 Å². The van der Waals surface area contributed by atoms with Gasteiger partial charge in [0.15, 0.2) is 0 Å². The van der Waals surface area contributed by atoms with E-state index in [1.165, 1.54) is 0 Å². The van der Waals surface area contributed by atoms with Crippen LogP contribution in [0.3, 0.4) is 0 Å². The molecule has 0 saturated heterocycles. The molecule has 0 aliphatic rings. The van der Waals surface area contributed by atoms with Gasteiger partial charge in [-0.1, -0.05) is 13.8 Å². The molecule has 0 saturated carbocycles. The summed E-state index contributed by atoms with van der Waals surface area (Å²) in [6.45, 7) is 1.40. The minimum absolute atomic E-state index is 0.295. The van der Waals surface area contributed by atoms with Crippen LogP contribution < -0.4 is 21.7 Å². The normalized spacial score (nSPS) is 15.1. The highest BCUT2D eigenvalue weighted by atomic mass is 16.4. The number of nitrogens with two attached hydrogens (primary N) is 1. The molecule has 13 nitrogen and oxygen atoms in total. The Hall–Kier alpha value is -2.77. The lowest BCUT2D eigenvalue weighted by Gasteiger charge is -2.24. The van der Waals surface area contributed by atoms with Gasteiger partial charge in [-0.2, -0.15) is 0 Å². The molecule has 0 aromatic carbocycles. The Morgan fingerprint density at radius 2 is 1.21 bits per heavy atom. The van der Waals surface area contributed by atoms with E-state index in [1.807, 2.05) is 10.6 Å². The van der Waals surface area contributed by atoms with Gasteiger partial charge in [0.1, 0.15) is 18.1 Å². The maximum Gasteiger partial charge on any atom is 0.328 e. The van der Waals surface area contributed by atoms with Crippen LogP contribution in [-0.4, -0.2) is 87.5 Å². The Kier molecular flexibility index (Phi) is 10.7. The first-order chi connectivity index (χ1) is 12.9. The van der Waals surface area contributed by atoms with Crippen LogP contribution in [0.25, 0.3) is 0 Å². The number of hydrogen-bond acceptors (Lipinski definition) is 8. The zero-order chi connectivity index (χ0) is 22.0. The van der Waals surface area contributed by atoms with Crippen molar-refractivity contribution < 1.29 is 44.4 Å². The predicted octanol–water partition coefficient (Wildman–Crippen LogP) is -4.03. The zero-order valence-corrected chi connectivity index (χ0v) is 15.4. The Bertz CT molecular complexity index is 596. The summed E-state index contributed by atoms with van der Waals surface area (Å²) in [5, 5.41) is 41.9. The van der Waals surface area contributed by atoms with Gasteiger partial charge in [0.05, 0.1) is 25.7 Å². The minimum atomic E-state index is -1.67. The van der Waals surface area contributed by atoms with Crippen molar-refractivity contribution in [3.8, 4) is 0 Å². The molecule has 160 valence electrons. The monoisotopic (exact) mass is 406 g/mol. The summed E-state index contributed by atoms with van der Waals surface area (Å²) in [6.07, 6.45) is -0.823. The van der Waals surface area contributed by atoms with Crippen molar-refractivity contribution in [1.29, 1.82) is 0 Å². The second kappa shape index (κ2) is 11.8. The first-order valence-corrected chi connectivity index (χ1v) is 8.27. The third-order valence-corrected chi connectivity index (χ3v) is 3.65. The van der Waals surface area contributed by atoms with Gasteiger partial charge < -0.3 is 42.1 Å². The fraction of sp³-hybridized carbons (Fsp3) is 0.667. The van der Waals surface area contributed by atoms with E-state index in [4.69, 9.17) is 21.1 Å². The second-order valence-electron chi connectivity index (χ2n) is 6.25. The highest BCUT2D eigenvalue weighted by Crippen LogP contribution is 2.01. The molecule has 28 heavy (non-hydrogen) atoms. The molecule has 0 aliphatic heterocycles. The maximum atomic E-state index is 12.3.